The van der Waals surface area contributed by atoms with Crippen LogP contribution >= 0.6 is 0 Å². The molecule has 0 aliphatic carbocycles. The van der Waals surface area contributed by atoms with Gasteiger partial charge in [-0.25, -0.2) is 0 Å². The van der Waals surface area contributed by atoms with E-state index in [0.717, 1.165) is 12.8 Å². The minimum absolute atomic E-state index is 0.680. The average Bonchev–Trinajstić information content (AvgIpc) is 2.30. The molecule has 0 unspecified atom stereocenters. The number of allylic oxidation sites excluding steroid dienone is 3. The first kappa shape index (κ1) is 19.7. The highest BCUT2D eigenvalue weighted by atomic mass is 14.0. The van der Waals surface area contributed by atoms with Crippen LogP contribution in [0.5, 0.6) is 0 Å². The normalized spacial score (nSPS) is 9.67. The van der Waals surface area contributed by atoms with Gasteiger partial charge in [-0.2, -0.15) is 0 Å². The van der Waals surface area contributed by atoms with Gasteiger partial charge < -0.3 is 0 Å². The molecule has 0 fully saturated rings. The molecule has 0 aromatic carbocycles. The molecule has 0 saturated heterocycles. The Hall–Kier alpha value is -0.780. The molecule has 15 heavy (non-hydrogen) atoms. The molecule has 0 amide bonds. The van der Waals surface area contributed by atoms with Gasteiger partial charge in [-0.3, -0.25) is 0 Å². The maximum Gasteiger partial charge on any atom is -0.0139 e. The van der Waals surface area contributed by atoms with Crippen LogP contribution in [0.3, 0.4) is 0 Å². The molecule has 0 N–H and O–H groups in total. The van der Waals surface area contributed by atoms with Crippen LogP contribution in [0.25, 0.3) is 0 Å². The third-order valence-electron chi connectivity index (χ3n) is 2.12. The average molecular weight is 210 g/mol. The smallest absolute Gasteiger partial charge is 0.0139 e. The molecule has 90 valence electrons. The van der Waals surface area contributed by atoms with Crippen molar-refractivity contribution in [3.63, 3.8) is 0 Å². The zero-order valence-corrected chi connectivity index (χ0v) is 11.7. The lowest BCUT2D eigenvalue weighted by atomic mass is 10.0. The van der Waals surface area contributed by atoms with Crippen molar-refractivity contribution in [1.82, 2.24) is 0 Å². The molecule has 0 aromatic rings. The van der Waals surface area contributed by atoms with E-state index in [0.29, 0.717) is 5.92 Å². The minimum Gasteiger partial charge on any atom is -0.106 e. The van der Waals surface area contributed by atoms with Crippen molar-refractivity contribution in [3.05, 3.63) is 37.0 Å². The highest BCUT2D eigenvalue weighted by Gasteiger charge is 1.95. The van der Waals surface area contributed by atoms with Gasteiger partial charge in [-0.15, -0.1) is 13.2 Å². The molecular formula is C15H30. The molecule has 0 rings (SSSR count). The van der Waals surface area contributed by atoms with Crippen LogP contribution in [0.15, 0.2) is 37.0 Å². The quantitative estimate of drug-likeness (QED) is 0.516. The van der Waals surface area contributed by atoms with E-state index in [9.17, 15) is 0 Å². The standard InChI is InChI=1S/C11H20.C2H6.C2H4/c1-6-10(4)7-8-11(5)9(2)3;2*1-2/h8-9H,4,6-7H2,1-3,5H3;1-2H3;1-2H2/b11-8-;;. The molecule has 0 aliphatic heterocycles. The van der Waals surface area contributed by atoms with Crippen molar-refractivity contribution in [3.8, 4) is 0 Å². The Morgan fingerprint density at radius 3 is 1.87 bits per heavy atom. The molecular weight excluding hydrogens is 180 g/mol. The van der Waals surface area contributed by atoms with Crippen molar-refractivity contribution < 1.29 is 0 Å². The van der Waals surface area contributed by atoms with Crippen molar-refractivity contribution in [1.29, 1.82) is 0 Å². The van der Waals surface area contributed by atoms with Gasteiger partial charge in [0, 0.05) is 0 Å². The second-order valence-electron chi connectivity index (χ2n) is 3.41. The fourth-order valence-electron chi connectivity index (χ4n) is 0.685. The fraction of sp³-hybridized carbons (Fsp3) is 0.600. The summed E-state index contributed by atoms with van der Waals surface area (Å²) < 4.78 is 0. The monoisotopic (exact) mass is 210 g/mol. The van der Waals surface area contributed by atoms with E-state index in [2.05, 4.69) is 53.5 Å². The summed E-state index contributed by atoms with van der Waals surface area (Å²) in [6.07, 6.45) is 4.44. The van der Waals surface area contributed by atoms with E-state index in [1.807, 2.05) is 13.8 Å². The summed E-state index contributed by atoms with van der Waals surface area (Å²) in [6.45, 7) is 22.7. The maximum absolute atomic E-state index is 3.96. The summed E-state index contributed by atoms with van der Waals surface area (Å²) in [5, 5.41) is 0. The number of hydrogen-bond acceptors (Lipinski definition) is 0. The topological polar surface area (TPSA) is 0 Å². The minimum atomic E-state index is 0.680. The van der Waals surface area contributed by atoms with Crippen molar-refractivity contribution in [2.24, 2.45) is 5.92 Å². The lowest BCUT2D eigenvalue weighted by molar-refractivity contribution is 0.763. The van der Waals surface area contributed by atoms with Gasteiger partial charge in [0.2, 0.25) is 0 Å². The van der Waals surface area contributed by atoms with E-state index in [4.69, 9.17) is 0 Å². The Balaban J connectivity index is -0.000000318. The molecule has 0 radical (unpaired) electrons. The molecule has 0 bridgehead atoms. The summed E-state index contributed by atoms with van der Waals surface area (Å²) in [5.41, 5.74) is 2.80. The fourth-order valence-corrected chi connectivity index (χ4v) is 0.685. The molecule has 0 saturated carbocycles. The Morgan fingerprint density at radius 1 is 1.20 bits per heavy atom. The van der Waals surface area contributed by atoms with Crippen molar-refractivity contribution in [2.75, 3.05) is 0 Å². The Morgan fingerprint density at radius 2 is 1.60 bits per heavy atom. The summed E-state index contributed by atoms with van der Waals surface area (Å²) >= 11 is 0. The Bertz CT molecular complexity index is 161. The molecule has 0 heterocycles. The van der Waals surface area contributed by atoms with Crippen LogP contribution in [0.1, 0.15) is 54.4 Å². The largest absolute Gasteiger partial charge is 0.106 e. The summed E-state index contributed by atoms with van der Waals surface area (Å²) in [7, 11) is 0. The van der Waals surface area contributed by atoms with Gasteiger partial charge in [0.15, 0.2) is 0 Å². The highest BCUT2D eigenvalue weighted by Crippen LogP contribution is 2.12. The van der Waals surface area contributed by atoms with E-state index >= 15 is 0 Å². The Kier molecular flexibility index (Phi) is 20.6. The lowest BCUT2D eigenvalue weighted by Gasteiger charge is -2.04. The molecule has 0 aromatic heterocycles. The predicted octanol–water partition coefficient (Wildman–Crippen LogP) is 5.77. The first-order valence-electron chi connectivity index (χ1n) is 5.91. The predicted molar refractivity (Wildman–Crippen MR) is 75.2 cm³/mol. The molecule has 0 atom stereocenters. The first-order valence-corrected chi connectivity index (χ1v) is 5.91. The van der Waals surface area contributed by atoms with Crippen LogP contribution in [0.4, 0.5) is 0 Å². The van der Waals surface area contributed by atoms with Gasteiger partial charge in [-0.1, -0.05) is 58.4 Å². The summed E-state index contributed by atoms with van der Waals surface area (Å²) in [6, 6.07) is 0. The third-order valence-corrected chi connectivity index (χ3v) is 2.12. The zero-order valence-electron chi connectivity index (χ0n) is 11.7. The van der Waals surface area contributed by atoms with Crippen LogP contribution < -0.4 is 0 Å². The summed E-state index contributed by atoms with van der Waals surface area (Å²) in [4.78, 5) is 0. The van der Waals surface area contributed by atoms with Gasteiger partial charge >= 0.3 is 0 Å². The highest BCUT2D eigenvalue weighted by molar-refractivity contribution is 5.08. The van der Waals surface area contributed by atoms with E-state index < -0.39 is 0 Å². The van der Waals surface area contributed by atoms with Crippen LogP contribution in [0.2, 0.25) is 0 Å². The van der Waals surface area contributed by atoms with E-state index in [1.165, 1.54) is 11.1 Å². The number of hydrogen-bond donors (Lipinski definition) is 0. The van der Waals surface area contributed by atoms with Crippen LogP contribution in [-0.4, -0.2) is 0 Å². The van der Waals surface area contributed by atoms with Crippen LogP contribution in [0, 0.1) is 5.92 Å². The van der Waals surface area contributed by atoms with Crippen LogP contribution in [-0.2, 0) is 0 Å². The van der Waals surface area contributed by atoms with Gasteiger partial charge in [0.25, 0.3) is 0 Å². The molecule has 0 spiro atoms. The lowest BCUT2D eigenvalue weighted by Crippen LogP contribution is -1.88. The van der Waals surface area contributed by atoms with Crippen molar-refractivity contribution >= 4 is 0 Å². The van der Waals surface area contributed by atoms with Gasteiger partial charge in [0.05, 0.1) is 0 Å². The maximum atomic E-state index is 3.96. The molecule has 0 heteroatoms. The Labute approximate surface area is 97.8 Å². The first-order chi connectivity index (χ1) is 7.07. The summed E-state index contributed by atoms with van der Waals surface area (Å²) in [5.74, 6) is 0.680. The number of rotatable bonds is 4. The third kappa shape index (κ3) is 15.9. The molecule has 0 aliphatic rings. The van der Waals surface area contributed by atoms with Crippen molar-refractivity contribution in [2.45, 2.75) is 54.4 Å². The second-order valence-corrected chi connectivity index (χ2v) is 3.41. The van der Waals surface area contributed by atoms with E-state index in [-0.39, 0.29) is 0 Å². The van der Waals surface area contributed by atoms with Gasteiger partial charge in [-0.05, 0) is 25.7 Å². The second kappa shape index (κ2) is 15.7. The zero-order chi connectivity index (χ0) is 12.9. The molecule has 0 nitrogen and oxygen atoms in total. The van der Waals surface area contributed by atoms with E-state index in [1.54, 1.807) is 0 Å². The SMILES string of the molecule is C=C.C=C(CC)C/C=C(/C)C(C)C.CC. The van der Waals surface area contributed by atoms with Gasteiger partial charge in [0.1, 0.15) is 0 Å².